The van der Waals surface area contributed by atoms with Crippen molar-refractivity contribution in [3.63, 3.8) is 0 Å². The first-order valence-corrected chi connectivity index (χ1v) is 9.05. The number of thioether (sulfide) groups is 1. The highest BCUT2D eigenvalue weighted by Crippen LogP contribution is 2.37. The number of nitrogens with zero attached hydrogens (tertiary/aromatic N) is 1. The van der Waals surface area contributed by atoms with Gasteiger partial charge in [-0.25, -0.2) is 17.9 Å². The molecule has 0 unspecified atom stereocenters. The molecule has 1 aliphatic carbocycles. The number of aromatic carboxylic acids is 1. The number of aromatic nitrogens is 1. The summed E-state index contributed by atoms with van der Waals surface area (Å²) in [6.45, 7) is 0.256. The van der Waals surface area contributed by atoms with Crippen molar-refractivity contribution in [2.75, 3.05) is 18.1 Å². The summed E-state index contributed by atoms with van der Waals surface area (Å²) in [5.74, 6) is 2.44. The van der Waals surface area contributed by atoms with Gasteiger partial charge in [0, 0.05) is 24.5 Å². The Bertz CT molecular complexity index is 669. The Morgan fingerprint density at radius 3 is 2.86 bits per heavy atom. The second-order valence-corrected chi connectivity index (χ2v) is 7.53. The maximum Gasteiger partial charge on any atom is 0.352 e. The molecule has 1 saturated carbocycles. The van der Waals surface area contributed by atoms with E-state index in [1.54, 1.807) is 0 Å². The number of carbonyl (C=O) groups is 1. The van der Waals surface area contributed by atoms with E-state index in [1.165, 1.54) is 28.6 Å². The van der Waals surface area contributed by atoms with Crippen LogP contribution in [0.3, 0.4) is 0 Å². The lowest BCUT2D eigenvalue weighted by Gasteiger charge is -2.04. The maximum absolute atomic E-state index is 12.1. The number of carboxylic acid groups (broad SMARTS) is 1. The number of hydrogen-bond donors (Lipinski definition) is 2. The van der Waals surface area contributed by atoms with Gasteiger partial charge < -0.3 is 9.67 Å². The lowest BCUT2D eigenvalue weighted by Crippen LogP contribution is -2.25. The van der Waals surface area contributed by atoms with Gasteiger partial charge in [-0.05, 0) is 18.9 Å². The summed E-state index contributed by atoms with van der Waals surface area (Å²) in [5.41, 5.74) is 0.0135. The van der Waals surface area contributed by atoms with Crippen LogP contribution in [0.4, 0.5) is 0 Å². The molecule has 8 heteroatoms. The molecule has 1 fully saturated rings. The van der Waals surface area contributed by atoms with Crippen LogP contribution in [-0.4, -0.2) is 42.1 Å². The van der Waals surface area contributed by atoms with Crippen LogP contribution in [0.5, 0.6) is 0 Å². The average molecular weight is 328 g/mol. The van der Waals surface area contributed by atoms with Crippen molar-refractivity contribution in [3.8, 4) is 12.3 Å². The number of nitrogens with one attached hydrogen (secondary N) is 1. The van der Waals surface area contributed by atoms with E-state index >= 15 is 0 Å². The third kappa shape index (κ3) is 4.03. The van der Waals surface area contributed by atoms with Gasteiger partial charge >= 0.3 is 5.97 Å². The van der Waals surface area contributed by atoms with Crippen molar-refractivity contribution >= 4 is 27.8 Å². The average Bonchev–Trinajstić information content (AvgIpc) is 3.16. The molecule has 1 aliphatic rings. The molecule has 0 atom stereocenters. The van der Waals surface area contributed by atoms with E-state index in [-0.39, 0.29) is 23.2 Å². The largest absolute Gasteiger partial charge is 0.477 e. The normalized spacial score (nSPS) is 14.8. The van der Waals surface area contributed by atoms with Gasteiger partial charge in [-0.2, -0.15) is 0 Å². The third-order valence-corrected chi connectivity index (χ3v) is 5.31. The predicted octanol–water partition coefficient (Wildman–Crippen LogP) is 1.17. The maximum atomic E-state index is 12.1. The van der Waals surface area contributed by atoms with Crippen LogP contribution in [0.15, 0.2) is 17.2 Å². The second kappa shape index (κ2) is 6.56. The van der Waals surface area contributed by atoms with Gasteiger partial charge in [0.05, 0.1) is 5.75 Å². The molecule has 1 aromatic rings. The Morgan fingerprint density at radius 2 is 2.29 bits per heavy atom. The number of rotatable bonds is 8. The molecule has 114 valence electrons. The monoisotopic (exact) mass is 328 g/mol. The van der Waals surface area contributed by atoms with Crippen LogP contribution in [0, 0.1) is 12.3 Å². The first-order chi connectivity index (χ1) is 9.95. The molecule has 1 heterocycles. The minimum absolute atomic E-state index is 0.00579. The molecule has 2 rings (SSSR count). The van der Waals surface area contributed by atoms with Gasteiger partial charge in [0.2, 0.25) is 10.0 Å². The zero-order valence-corrected chi connectivity index (χ0v) is 12.9. The summed E-state index contributed by atoms with van der Waals surface area (Å²) >= 11 is 1.45. The molecule has 0 aliphatic heterocycles. The van der Waals surface area contributed by atoms with Crippen LogP contribution in [0.1, 0.15) is 29.4 Å². The molecule has 21 heavy (non-hydrogen) atoms. The summed E-state index contributed by atoms with van der Waals surface area (Å²) in [7, 11) is -3.69. The Balaban J connectivity index is 2.07. The molecule has 1 aromatic heterocycles. The molecule has 0 saturated heterocycles. The Labute approximate surface area is 128 Å². The Hall–Kier alpha value is -1.43. The second-order valence-electron chi connectivity index (χ2n) is 4.66. The number of terminal acetylenes is 1. The van der Waals surface area contributed by atoms with Crippen molar-refractivity contribution in [1.29, 1.82) is 0 Å². The SMILES string of the molecule is C#CCSCCNS(=O)(=O)c1cc(C(=O)O)n(C2CC2)c1. The number of hydrogen-bond acceptors (Lipinski definition) is 4. The standard InChI is InChI=1S/C13H16N2O4S2/c1-2-6-20-7-5-14-21(18,19)11-8-12(13(16)17)15(9-11)10-3-4-10/h1,8-10,14H,3-7H2,(H,16,17). The van der Waals surface area contributed by atoms with E-state index in [9.17, 15) is 13.2 Å². The van der Waals surface area contributed by atoms with Crippen LogP contribution in [-0.2, 0) is 10.0 Å². The quantitative estimate of drug-likeness (QED) is 0.552. The van der Waals surface area contributed by atoms with Crippen LogP contribution >= 0.6 is 11.8 Å². The summed E-state index contributed by atoms with van der Waals surface area (Å²) < 4.78 is 28.2. The van der Waals surface area contributed by atoms with E-state index < -0.39 is 16.0 Å². The zero-order valence-electron chi connectivity index (χ0n) is 11.3. The molecule has 0 aromatic carbocycles. The van der Waals surface area contributed by atoms with Gasteiger partial charge in [-0.1, -0.05) is 5.92 Å². The molecule has 0 spiro atoms. The minimum Gasteiger partial charge on any atom is -0.477 e. The van der Waals surface area contributed by atoms with Gasteiger partial charge in [0.15, 0.2) is 0 Å². The summed E-state index contributed by atoms with van der Waals surface area (Å²) in [5, 5.41) is 9.14. The van der Waals surface area contributed by atoms with E-state index in [2.05, 4.69) is 10.6 Å². The molecule has 0 radical (unpaired) electrons. The summed E-state index contributed by atoms with van der Waals surface area (Å²) in [4.78, 5) is 11.2. The van der Waals surface area contributed by atoms with Crippen LogP contribution < -0.4 is 4.72 Å². The van der Waals surface area contributed by atoms with E-state index in [0.717, 1.165) is 12.8 Å². The van der Waals surface area contributed by atoms with Gasteiger partial charge in [0.25, 0.3) is 0 Å². The van der Waals surface area contributed by atoms with Crippen molar-refractivity contribution in [3.05, 3.63) is 18.0 Å². The highest BCUT2D eigenvalue weighted by molar-refractivity contribution is 7.99. The topological polar surface area (TPSA) is 88.4 Å². The van der Waals surface area contributed by atoms with Crippen LogP contribution in [0.25, 0.3) is 0 Å². The van der Waals surface area contributed by atoms with Crippen molar-refractivity contribution < 1.29 is 18.3 Å². The zero-order chi connectivity index (χ0) is 15.5. The van der Waals surface area contributed by atoms with Gasteiger partial charge in [-0.15, -0.1) is 18.2 Å². The minimum atomic E-state index is -3.69. The first-order valence-electron chi connectivity index (χ1n) is 6.41. The third-order valence-electron chi connectivity index (χ3n) is 3.02. The molecular weight excluding hydrogens is 312 g/mol. The summed E-state index contributed by atoms with van der Waals surface area (Å²) in [6.07, 6.45) is 8.26. The number of sulfonamides is 1. The smallest absolute Gasteiger partial charge is 0.352 e. The van der Waals surface area contributed by atoms with Gasteiger partial charge in [-0.3, -0.25) is 0 Å². The lowest BCUT2D eigenvalue weighted by atomic mass is 10.4. The fourth-order valence-corrected chi connectivity index (χ4v) is 3.58. The highest BCUT2D eigenvalue weighted by Gasteiger charge is 2.30. The fraction of sp³-hybridized carbons (Fsp3) is 0.462. The van der Waals surface area contributed by atoms with E-state index in [1.807, 2.05) is 0 Å². The highest BCUT2D eigenvalue weighted by atomic mass is 32.2. The fourth-order valence-electron chi connectivity index (χ4n) is 1.89. The van der Waals surface area contributed by atoms with Crippen LogP contribution in [0.2, 0.25) is 0 Å². The molecule has 6 nitrogen and oxygen atoms in total. The Kier molecular flexibility index (Phi) is 4.98. The Morgan fingerprint density at radius 1 is 1.57 bits per heavy atom. The van der Waals surface area contributed by atoms with E-state index in [4.69, 9.17) is 11.5 Å². The van der Waals surface area contributed by atoms with E-state index in [0.29, 0.717) is 11.5 Å². The molecule has 2 N–H and O–H groups in total. The number of carboxylic acids is 1. The van der Waals surface area contributed by atoms with Crippen molar-refractivity contribution in [1.82, 2.24) is 9.29 Å². The molecular formula is C13H16N2O4S2. The lowest BCUT2D eigenvalue weighted by molar-refractivity contribution is 0.0685. The van der Waals surface area contributed by atoms with Crippen molar-refractivity contribution in [2.24, 2.45) is 0 Å². The van der Waals surface area contributed by atoms with Crippen molar-refractivity contribution in [2.45, 2.75) is 23.8 Å². The molecule has 0 bridgehead atoms. The predicted molar refractivity (Wildman–Crippen MR) is 81.0 cm³/mol. The molecule has 0 amide bonds. The van der Waals surface area contributed by atoms with Gasteiger partial charge in [0.1, 0.15) is 10.6 Å². The summed E-state index contributed by atoms with van der Waals surface area (Å²) in [6, 6.07) is 1.31. The first kappa shape index (κ1) is 15.9.